The minimum Gasteiger partial charge on any atom is -1.00 e. The van der Waals surface area contributed by atoms with Crippen LogP contribution in [0.25, 0.3) is 10.8 Å². The highest BCUT2D eigenvalue weighted by atomic mass is 35.5. The van der Waals surface area contributed by atoms with Gasteiger partial charge in [-0.2, -0.15) is 0 Å². The lowest BCUT2D eigenvalue weighted by molar-refractivity contribution is -0.759. The van der Waals surface area contributed by atoms with E-state index in [1.807, 2.05) is 41.1 Å². The molecule has 27 heavy (non-hydrogen) atoms. The Morgan fingerprint density at radius 1 is 0.926 bits per heavy atom. The molecule has 0 saturated heterocycles. The number of halogens is 1. The van der Waals surface area contributed by atoms with E-state index in [1.54, 1.807) is 12.5 Å². The van der Waals surface area contributed by atoms with Gasteiger partial charge in [-0.3, -0.25) is 4.84 Å². The van der Waals surface area contributed by atoms with Crippen LogP contribution in [-0.4, -0.2) is 15.3 Å². The molecule has 4 nitrogen and oxygen atoms in total. The van der Waals surface area contributed by atoms with Crippen LogP contribution in [0, 0.1) is 0 Å². The van der Waals surface area contributed by atoms with Crippen molar-refractivity contribution >= 4 is 16.5 Å². The molecule has 0 aliphatic carbocycles. The van der Waals surface area contributed by atoms with Crippen molar-refractivity contribution in [1.29, 1.82) is 0 Å². The molecule has 1 aromatic heterocycles. The van der Waals surface area contributed by atoms with Crippen LogP contribution < -0.4 is 17.6 Å². The number of benzene rings is 3. The fraction of sp³-hybridized carbons (Fsp3) is 0.0909. The van der Waals surface area contributed by atoms with Gasteiger partial charge in [0.25, 0.3) is 5.71 Å². The molecule has 0 unspecified atom stereocenters. The lowest BCUT2D eigenvalue weighted by Gasteiger charge is -2.05. The first-order chi connectivity index (χ1) is 12.9. The third kappa shape index (κ3) is 4.74. The zero-order valence-corrected chi connectivity index (χ0v) is 15.5. The Morgan fingerprint density at radius 2 is 1.70 bits per heavy atom. The summed E-state index contributed by atoms with van der Waals surface area (Å²) in [5.74, 6) is 0. The number of fused-ring (bicyclic) bond motifs is 1. The van der Waals surface area contributed by atoms with Crippen LogP contribution in [0.3, 0.4) is 0 Å². The van der Waals surface area contributed by atoms with E-state index in [9.17, 15) is 0 Å². The van der Waals surface area contributed by atoms with Crippen LogP contribution in [0.15, 0.2) is 91.5 Å². The highest BCUT2D eigenvalue weighted by Gasteiger charge is 2.13. The van der Waals surface area contributed by atoms with Gasteiger partial charge in [-0.1, -0.05) is 60.7 Å². The molecule has 0 aliphatic rings. The summed E-state index contributed by atoms with van der Waals surface area (Å²) in [7, 11) is 0. The maximum absolute atomic E-state index is 5.78. The fourth-order valence-corrected chi connectivity index (χ4v) is 2.90. The zero-order valence-electron chi connectivity index (χ0n) is 14.8. The maximum Gasteiger partial charge on any atom is 0.251 e. The quantitative estimate of drug-likeness (QED) is 0.371. The highest BCUT2D eigenvalue weighted by Crippen LogP contribution is 2.15. The third-order valence-electron chi connectivity index (χ3n) is 4.27. The van der Waals surface area contributed by atoms with Crippen molar-refractivity contribution in [3.63, 3.8) is 0 Å². The van der Waals surface area contributed by atoms with E-state index in [4.69, 9.17) is 4.84 Å². The topological polar surface area (TPSA) is 41.0 Å². The number of hydrogen-bond acceptors (Lipinski definition) is 2. The molecular formula is C22H20ClN3O. The Hall–Kier alpha value is -3.11. The Kier molecular flexibility index (Phi) is 6.23. The molecule has 0 fully saturated rings. The second kappa shape index (κ2) is 9.01. The van der Waals surface area contributed by atoms with E-state index in [0.717, 1.165) is 16.8 Å². The summed E-state index contributed by atoms with van der Waals surface area (Å²) in [6.45, 7) is 1.16. The van der Waals surface area contributed by atoms with Crippen molar-refractivity contribution in [2.45, 2.75) is 13.2 Å². The molecule has 1 heterocycles. The molecule has 4 aromatic rings. The summed E-state index contributed by atoms with van der Waals surface area (Å²) in [4.78, 5) is 9.90. The Morgan fingerprint density at radius 3 is 2.48 bits per heavy atom. The van der Waals surface area contributed by atoms with Gasteiger partial charge < -0.3 is 17.0 Å². The van der Waals surface area contributed by atoms with Gasteiger partial charge in [0.05, 0.1) is 6.33 Å². The summed E-state index contributed by atoms with van der Waals surface area (Å²) in [6.07, 6.45) is 5.53. The van der Waals surface area contributed by atoms with Crippen LogP contribution in [0.4, 0.5) is 0 Å². The second-order valence-corrected chi connectivity index (χ2v) is 6.15. The van der Waals surface area contributed by atoms with Crippen LogP contribution in [0.2, 0.25) is 0 Å². The van der Waals surface area contributed by atoms with Crippen molar-refractivity contribution in [1.82, 2.24) is 9.55 Å². The number of rotatable bonds is 6. The van der Waals surface area contributed by atoms with E-state index in [2.05, 4.69) is 52.6 Å². The molecule has 0 spiro atoms. The molecule has 0 bridgehead atoms. The summed E-state index contributed by atoms with van der Waals surface area (Å²) < 4.78 is 2.02. The summed E-state index contributed by atoms with van der Waals surface area (Å²) >= 11 is 0. The molecule has 4 rings (SSSR count). The zero-order chi connectivity index (χ0) is 17.6. The van der Waals surface area contributed by atoms with E-state index >= 15 is 0 Å². The van der Waals surface area contributed by atoms with Gasteiger partial charge in [-0.25, -0.2) is 4.98 Å². The van der Waals surface area contributed by atoms with Gasteiger partial charge >= 0.3 is 0 Å². The first-order valence-corrected chi connectivity index (χ1v) is 8.61. The number of nitrogens with zero attached hydrogens (tertiary/aromatic N) is 2. The van der Waals surface area contributed by atoms with E-state index < -0.39 is 0 Å². The van der Waals surface area contributed by atoms with Gasteiger partial charge in [0.15, 0.2) is 6.61 Å². The van der Waals surface area contributed by atoms with Crippen molar-refractivity contribution < 1.29 is 22.4 Å². The normalized spacial score (nSPS) is 11.2. The summed E-state index contributed by atoms with van der Waals surface area (Å²) in [6, 6.07) is 24.9. The smallest absolute Gasteiger partial charge is 0.251 e. The molecule has 0 atom stereocenters. The molecular weight excluding hydrogens is 358 g/mol. The first kappa shape index (κ1) is 18.7. The number of imidazole rings is 1. The number of aromatic nitrogens is 2. The summed E-state index contributed by atoms with van der Waals surface area (Å²) in [5.41, 5.74) is 3.22. The van der Waals surface area contributed by atoms with Crippen molar-refractivity contribution in [2.24, 2.45) is 0 Å². The Labute approximate surface area is 164 Å². The fourth-order valence-electron chi connectivity index (χ4n) is 2.90. The first-order valence-electron chi connectivity index (χ1n) is 8.61. The van der Waals surface area contributed by atoms with Gasteiger partial charge in [0.2, 0.25) is 0 Å². The van der Waals surface area contributed by atoms with Crippen LogP contribution in [0.5, 0.6) is 0 Å². The predicted octanol–water partition coefficient (Wildman–Crippen LogP) is -0.258. The maximum atomic E-state index is 5.78. The van der Waals surface area contributed by atoms with Crippen LogP contribution >= 0.6 is 0 Å². The van der Waals surface area contributed by atoms with E-state index in [0.29, 0.717) is 13.2 Å². The Bertz CT molecular complexity index is 1010. The molecule has 0 saturated carbocycles. The molecule has 1 N–H and O–H groups in total. The lowest BCUT2D eigenvalue weighted by Crippen LogP contribution is -3.00. The van der Waals surface area contributed by atoms with Crippen molar-refractivity contribution in [2.75, 3.05) is 0 Å². The van der Waals surface area contributed by atoms with Crippen LogP contribution in [-0.2, 0) is 18.0 Å². The van der Waals surface area contributed by atoms with Gasteiger partial charge in [0.1, 0.15) is 6.54 Å². The molecule has 5 heteroatoms. The minimum absolute atomic E-state index is 0. The number of hydrogen-bond donors (Lipinski definition) is 1. The van der Waals surface area contributed by atoms with Gasteiger partial charge in [-0.05, 0) is 33.6 Å². The largest absolute Gasteiger partial charge is 1.00 e. The molecule has 0 aliphatic heterocycles. The highest BCUT2D eigenvalue weighted by molar-refractivity contribution is 5.99. The monoisotopic (exact) mass is 377 g/mol. The minimum atomic E-state index is 0. The van der Waals surface area contributed by atoms with Crippen molar-refractivity contribution in [3.05, 3.63) is 103 Å². The third-order valence-corrected chi connectivity index (χ3v) is 4.27. The van der Waals surface area contributed by atoms with Crippen LogP contribution in [0.1, 0.15) is 11.1 Å². The molecule has 3 aromatic carbocycles. The molecule has 0 amide bonds. The molecule has 136 valence electrons. The Balaban J connectivity index is 0.00000210. The van der Waals surface area contributed by atoms with Gasteiger partial charge in [0, 0.05) is 18.0 Å². The average molecular weight is 378 g/mol. The average Bonchev–Trinajstić information content (AvgIpc) is 3.21. The standard InChI is InChI=1S/C22H19N3O.ClH/c1-2-6-18(7-3-1)16-26-24-22(15-25-13-12-23-17-25)21-11-10-19-8-4-5-9-20(19)14-21;/h1-14,17H,15-16H2;1H/b24-22-;. The molecule has 0 radical (unpaired) electrons. The van der Waals surface area contributed by atoms with Gasteiger partial charge in [-0.15, -0.1) is 0 Å². The lowest BCUT2D eigenvalue weighted by atomic mass is 10.0. The summed E-state index contributed by atoms with van der Waals surface area (Å²) in [5, 5.41) is 5.59. The predicted molar refractivity (Wildman–Crippen MR) is 102 cm³/mol. The van der Waals surface area contributed by atoms with E-state index in [-0.39, 0.29) is 12.4 Å². The van der Waals surface area contributed by atoms with Crippen molar-refractivity contribution in [3.8, 4) is 0 Å². The number of nitrogens with one attached hydrogen (secondary N) is 1. The van der Waals surface area contributed by atoms with E-state index in [1.165, 1.54) is 10.8 Å². The SMILES string of the molecule is [Cl-].c1ccc(CO/[NH+]=C(/Cn2ccnc2)c2ccc3ccccc3c2)cc1. The second-order valence-electron chi connectivity index (χ2n) is 6.15.